The first-order valence-electron chi connectivity index (χ1n) is 19.6. The molecule has 324 valence electrons. The number of ketones is 1. The summed E-state index contributed by atoms with van der Waals surface area (Å²) in [6.45, 7) is 4.68. The zero-order valence-electron chi connectivity index (χ0n) is 33.5. The van der Waals surface area contributed by atoms with Gasteiger partial charge in [0.1, 0.15) is 30.0 Å². The standard InChI is InChI=1S/C42H43F6N7O5S/c1-4-27-19-29(55-39(61)54(38(59)40(55,2)3)30-20-32(41(43,44)45)33(21-49)50-22-30)9-10-34(27)60-15-14-52-12-13-53(35(24-52)42(46,47)48)23-31(56)18-26-7-5-6-25(16-26)17-28-8-11-36(57)51-37(28)58/h5-7,9-10,16,19-20,22,28,35H,4,8,11-15,17-18,23-24H2,1-3H3,(H,51,57,58)/t28?,35-/m1/s1. The first kappa shape index (κ1) is 45.1. The highest BCUT2D eigenvalue weighted by Gasteiger charge is 2.51. The lowest BCUT2D eigenvalue weighted by molar-refractivity contribution is -0.197. The molecular formula is C42H43F6N7O5S. The van der Waals surface area contributed by atoms with E-state index >= 15 is 0 Å². The molecule has 12 nitrogen and oxygen atoms in total. The van der Waals surface area contributed by atoms with Crippen LogP contribution in [0.5, 0.6) is 5.75 Å². The van der Waals surface area contributed by atoms with Crippen LogP contribution in [0.4, 0.5) is 37.7 Å². The van der Waals surface area contributed by atoms with Gasteiger partial charge in [0, 0.05) is 50.6 Å². The van der Waals surface area contributed by atoms with Crippen molar-refractivity contribution >= 4 is 52.2 Å². The number of imide groups is 1. The van der Waals surface area contributed by atoms with E-state index in [0.717, 1.165) is 21.6 Å². The van der Waals surface area contributed by atoms with E-state index < -0.39 is 47.6 Å². The zero-order chi connectivity index (χ0) is 44.4. The summed E-state index contributed by atoms with van der Waals surface area (Å²) in [5.74, 6) is -1.59. The Morgan fingerprint density at radius 1 is 1.03 bits per heavy atom. The van der Waals surface area contributed by atoms with Gasteiger partial charge in [-0.15, -0.1) is 0 Å². The number of nitrogens with one attached hydrogen (secondary N) is 1. The van der Waals surface area contributed by atoms with Gasteiger partial charge in [0.15, 0.2) is 16.6 Å². The zero-order valence-corrected chi connectivity index (χ0v) is 34.3. The number of nitrogens with zero attached hydrogens (tertiary/aromatic N) is 6. The Balaban J connectivity index is 1.06. The Bertz CT molecular complexity index is 2260. The van der Waals surface area contributed by atoms with Gasteiger partial charge in [-0.25, -0.2) is 4.98 Å². The van der Waals surface area contributed by atoms with E-state index in [9.17, 15) is 45.5 Å². The van der Waals surface area contributed by atoms with Gasteiger partial charge in [-0.3, -0.25) is 39.2 Å². The van der Waals surface area contributed by atoms with E-state index in [2.05, 4.69) is 10.3 Å². The van der Waals surface area contributed by atoms with Crippen LogP contribution in [-0.4, -0.2) is 100 Å². The maximum Gasteiger partial charge on any atom is 0.419 e. The van der Waals surface area contributed by atoms with Gasteiger partial charge in [0.05, 0.1) is 24.0 Å². The third-order valence-corrected chi connectivity index (χ3v) is 11.5. The Morgan fingerprint density at radius 3 is 2.44 bits per heavy atom. The van der Waals surface area contributed by atoms with Gasteiger partial charge in [0.25, 0.3) is 5.91 Å². The number of alkyl halides is 6. The number of halogens is 6. The minimum atomic E-state index is -4.91. The average Bonchev–Trinajstić information content (AvgIpc) is 3.37. The number of aromatic nitrogens is 1. The number of ether oxygens (including phenoxy) is 1. The molecule has 2 aromatic carbocycles. The molecule has 0 saturated carbocycles. The number of anilines is 2. The first-order chi connectivity index (χ1) is 28.7. The molecule has 3 amide bonds. The van der Waals surface area contributed by atoms with Crippen LogP contribution in [0.1, 0.15) is 61.6 Å². The lowest BCUT2D eigenvalue weighted by atomic mass is 9.90. The average molecular weight is 872 g/mol. The molecule has 3 aliphatic rings. The smallest absolute Gasteiger partial charge is 0.419 e. The summed E-state index contributed by atoms with van der Waals surface area (Å²) >= 11 is 5.64. The number of hydrogen-bond donors (Lipinski definition) is 1. The van der Waals surface area contributed by atoms with Crippen LogP contribution in [0.2, 0.25) is 0 Å². The molecule has 1 unspecified atom stereocenters. The molecule has 0 spiro atoms. The maximum absolute atomic E-state index is 14.4. The summed E-state index contributed by atoms with van der Waals surface area (Å²) in [6.07, 6.45) is -7.12. The molecule has 3 saturated heterocycles. The van der Waals surface area contributed by atoms with Crippen molar-refractivity contribution in [3.05, 3.63) is 82.7 Å². The number of carbonyl (C=O) groups excluding carboxylic acids is 4. The highest BCUT2D eigenvalue weighted by atomic mass is 32.1. The number of piperidine rings is 1. The molecule has 0 radical (unpaired) electrons. The monoisotopic (exact) mass is 871 g/mol. The number of nitriles is 1. The summed E-state index contributed by atoms with van der Waals surface area (Å²) in [5, 5.41) is 11.4. The van der Waals surface area contributed by atoms with Gasteiger partial charge in [-0.05, 0) is 86.3 Å². The molecule has 6 rings (SSSR count). The topological polar surface area (TPSA) is 139 Å². The summed E-state index contributed by atoms with van der Waals surface area (Å²) in [7, 11) is 0. The first-order valence-corrected chi connectivity index (χ1v) is 20.0. The highest BCUT2D eigenvalue weighted by molar-refractivity contribution is 7.81. The molecule has 19 heteroatoms. The third-order valence-electron chi connectivity index (χ3n) is 11.1. The largest absolute Gasteiger partial charge is 0.492 e. The van der Waals surface area contributed by atoms with Crippen LogP contribution in [0, 0.1) is 17.2 Å². The number of aryl methyl sites for hydroxylation is 1. The molecule has 0 bridgehead atoms. The fourth-order valence-electron chi connectivity index (χ4n) is 7.92. The second kappa shape index (κ2) is 17.9. The Labute approximate surface area is 353 Å². The number of benzene rings is 2. The predicted molar refractivity (Wildman–Crippen MR) is 214 cm³/mol. The van der Waals surface area contributed by atoms with Crippen LogP contribution in [-0.2, 0) is 44.6 Å². The van der Waals surface area contributed by atoms with Gasteiger partial charge in [-0.1, -0.05) is 31.2 Å². The Hall–Kier alpha value is -5.45. The van der Waals surface area contributed by atoms with Gasteiger partial charge >= 0.3 is 12.4 Å². The van der Waals surface area contributed by atoms with Crippen molar-refractivity contribution in [2.75, 3.05) is 49.1 Å². The van der Waals surface area contributed by atoms with Crippen LogP contribution in [0.3, 0.4) is 0 Å². The van der Waals surface area contributed by atoms with Gasteiger partial charge in [0.2, 0.25) is 11.8 Å². The molecule has 3 aromatic rings. The van der Waals surface area contributed by atoms with Gasteiger partial charge < -0.3 is 9.64 Å². The minimum absolute atomic E-state index is 0.00229. The van der Waals surface area contributed by atoms with E-state index in [1.54, 1.807) is 55.1 Å². The van der Waals surface area contributed by atoms with E-state index in [1.165, 1.54) is 11.0 Å². The molecule has 1 aromatic heterocycles. The van der Waals surface area contributed by atoms with Crippen molar-refractivity contribution in [3.8, 4) is 11.8 Å². The summed E-state index contributed by atoms with van der Waals surface area (Å²) < 4.78 is 90.4. The molecule has 1 N–H and O–H groups in total. The van der Waals surface area contributed by atoms with Crippen LogP contribution in [0.25, 0.3) is 0 Å². The van der Waals surface area contributed by atoms with Crippen molar-refractivity contribution < 1.29 is 50.3 Å². The second-order valence-corrected chi connectivity index (χ2v) is 16.1. The highest BCUT2D eigenvalue weighted by Crippen LogP contribution is 2.40. The van der Waals surface area contributed by atoms with Crippen molar-refractivity contribution in [2.24, 2.45) is 5.92 Å². The number of hydrogen-bond acceptors (Lipinski definition) is 10. The fraction of sp³-hybridized carbons (Fsp3) is 0.452. The number of carbonyl (C=O) groups is 4. The Kier molecular flexibility index (Phi) is 13.2. The number of thiocarbonyl (C=S) groups is 1. The second-order valence-electron chi connectivity index (χ2n) is 15.7. The maximum atomic E-state index is 14.4. The van der Waals surface area contributed by atoms with E-state index in [0.29, 0.717) is 47.9 Å². The molecule has 3 fully saturated rings. The summed E-state index contributed by atoms with van der Waals surface area (Å²) in [5.41, 5.74) is -1.20. The number of rotatable bonds is 13. The minimum Gasteiger partial charge on any atom is -0.492 e. The van der Waals surface area contributed by atoms with Crippen LogP contribution in [0.15, 0.2) is 54.7 Å². The van der Waals surface area contributed by atoms with Crippen molar-refractivity contribution in [2.45, 2.75) is 76.8 Å². The molecule has 2 atom stereocenters. The van der Waals surface area contributed by atoms with E-state index in [4.69, 9.17) is 22.2 Å². The quantitative estimate of drug-likeness (QED) is 0.127. The molecular weight excluding hydrogens is 829 g/mol. The van der Waals surface area contributed by atoms with Crippen molar-refractivity contribution in [1.82, 2.24) is 20.1 Å². The summed E-state index contributed by atoms with van der Waals surface area (Å²) in [6, 6.07) is 12.2. The molecule has 61 heavy (non-hydrogen) atoms. The normalized spacial score (nSPS) is 20.2. The molecule has 0 aliphatic carbocycles. The number of pyridine rings is 1. The Morgan fingerprint density at radius 2 is 1.77 bits per heavy atom. The van der Waals surface area contributed by atoms with Crippen LogP contribution < -0.4 is 19.9 Å². The molecule has 3 aliphatic heterocycles. The third kappa shape index (κ3) is 10.0. The fourth-order valence-corrected chi connectivity index (χ4v) is 8.44. The SMILES string of the molecule is CCc1cc(N2C(=S)N(c3cnc(C#N)c(C(F)(F)F)c3)C(=O)C2(C)C)ccc1OCCN1CCN(CC(=O)Cc2cccc(CC3CCC(=O)NC3=O)c2)[C@@H](C(F)(F)F)C1. The lowest BCUT2D eigenvalue weighted by Crippen LogP contribution is -2.60. The van der Waals surface area contributed by atoms with Gasteiger partial charge in [-0.2, -0.15) is 31.6 Å². The van der Waals surface area contributed by atoms with E-state index in [1.807, 2.05) is 13.0 Å². The number of amides is 3. The van der Waals surface area contributed by atoms with Crippen molar-refractivity contribution in [3.63, 3.8) is 0 Å². The predicted octanol–water partition coefficient (Wildman–Crippen LogP) is 5.79. The van der Waals surface area contributed by atoms with Crippen LogP contribution >= 0.6 is 12.2 Å². The summed E-state index contributed by atoms with van der Waals surface area (Å²) in [4.78, 5) is 59.3. The number of Topliss-reactive ketones (excluding diaryl/α,β-unsaturated/α-hetero) is 1. The number of piperazine rings is 1. The molecule has 4 heterocycles. The lowest BCUT2D eigenvalue weighted by Gasteiger charge is -2.41. The van der Waals surface area contributed by atoms with E-state index in [-0.39, 0.29) is 79.9 Å². The van der Waals surface area contributed by atoms with Crippen molar-refractivity contribution in [1.29, 1.82) is 5.26 Å².